The third kappa shape index (κ3) is 4.20. The van der Waals surface area contributed by atoms with E-state index in [1.54, 1.807) is 18.6 Å². The summed E-state index contributed by atoms with van der Waals surface area (Å²) in [6.07, 6.45) is 11.3. The lowest BCUT2D eigenvalue weighted by Gasteiger charge is -2.06. The number of aromatic nitrogens is 3. The molecule has 0 spiro atoms. The molecule has 0 aliphatic rings. The Morgan fingerprint density at radius 3 is 2.67 bits per heavy atom. The SMILES string of the molecule is O=C(CCCc1ccc(-c2ccc3nccn3c2)cc1)Nc1cccnc1. The van der Waals surface area contributed by atoms with Crippen LogP contribution in [0, 0.1) is 0 Å². The van der Waals surface area contributed by atoms with Gasteiger partial charge in [-0.25, -0.2) is 4.98 Å². The minimum atomic E-state index is 0.0215. The number of carbonyl (C=O) groups is 1. The molecule has 1 N–H and O–H groups in total. The van der Waals surface area contributed by atoms with Gasteiger partial charge in [-0.3, -0.25) is 9.78 Å². The summed E-state index contributed by atoms with van der Waals surface area (Å²) in [7, 11) is 0. The number of rotatable bonds is 6. The number of fused-ring (bicyclic) bond motifs is 1. The molecular weight excluding hydrogens is 336 g/mol. The van der Waals surface area contributed by atoms with E-state index in [1.807, 2.05) is 28.8 Å². The first-order valence-corrected chi connectivity index (χ1v) is 9.00. The Bertz CT molecular complexity index is 1040. The maximum atomic E-state index is 12.0. The summed E-state index contributed by atoms with van der Waals surface area (Å²) < 4.78 is 2.02. The number of pyridine rings is 2. The van der Waals surface area contributed by atoms with E-state index in [-0.39, 0.29) is 5.91 Å². The number of anilines is 1. The van der Waals surface area contributed by atoms with E-state index in [4.69, 9.17) is 0 Å². The summed E-state index contributed by atoms with van der Waals surface area (Å²) in [6, 6.07) is 16.3. The molecule has 0 saturated carbocycles. The van der Waals surface area contributed by atoms with Crippen LogP contribution < -0.4 is 5.32 Å². The molecule has 0 unspecified atom stereocenters. The topological polar surface area (TPSA) is 59.3 Å². The number of aryl methyl sites for hydroxylation is 1. The molecule has 0 aliphatic heterocycles. The van der Waals surface area contributed by atoms with Crippen molar-refractivity contribution in [2.75, 3.05) is 5.32 Å². The molecule has 134 valence electrons. The Morgan fingerprint density at radius 1 is 1.00 bits per heavy atom. The lowest BCUT2D eigenvalue weighted by molar-refractivity contribution is -0.116. The van der Waals surface area contributed by atoms with Crippen LogP contribution in [0.25, 0.3) is 16.8 Å². The normalized spacial score (nSPS) is 10.8. The van der Waals surface area contributed by atoms with Gasteiger partial charge >= 0.3 is 0 Å². The van der Waals surface area contributed by atoms with Crippen LogP contribution in [0.2, 0.25) is 0 Å². The van der Waals surface area contributed by atoms with Crippen molar-refractivity contribution in [3.05, 3.63) is 85.1 Å². The third-order valence-corrected chi connectivity index (χ3v) is 4.49. The van der Waals surface area contributed by atoms with Gasteiger partial charge in [-0.05, 0) is 53.8 Å². The summed E-state index contributed by atoms with van der Waals surface area (Å²) in [6.45, 7) is 0. The number of nitrogens with one attached hydrogen (secondary N) is 1. The van der Waals surface area contributed by atoms with E-state index >= 15 is 0 Å². The molecule has 0 aliphatic carbocycles. The summed E-state index contributed by atoms with van der Waals surface area (Å²) in [5, 5.41) is 2.86. The van der Waals surface area contributed by atoms with Gasteiger partial charge in [0.1, 0.15) is 5.65 Å². The minimum absolute atomic E-state index is 0.0215. The van der Waals surface area contributed by atoms with Crippen LogP contribution in [0.4, 0.5) is 5.69 Å². The first-order chi connectivity index (χ1) is 13.3. The van der Waals surface area contributed by atoms with E-state index in [0.717, 1.165) is 29.7 Å². The summed E-state index contributed by atoms with van der Waals surface area (Å²) >= 11 is 0. The molecule has 5 heteroatoms. The van der Waals surface area contributed by atoms with Gasteiger partial charge in [0.15, 0.2) is 0 Å². The minimum Gasteiger partial charge on any atom is -0.325 e. The molecule has 0 radical (unpaired) electrons. The Balaban J connectivity index is 1.32. The molecule has 0 fully saturated rings. The summed E-state index contributed by atoms with van der Waals surface area (Å²) in [5.41, 5.74) is 5.24. The second kappa shape index (κ2) is 7.83. The molecule has 3 heterocycles. The number of hydrogen-bond acceptors (Lipinski definition) is 3. The Labute approximate surface area is 157 Å². The molecular formula is C22H20N4O. The maximum absolute atomic E-state index is 12.0. The zero-order valence-electron chi connectivity index (χ0n) is 14.9. The summed E-state index contributed by atoms with van der Waals surface area (Å²) in [4.78, 5) is 20.2. The van der Waals surface area contributed by atoms with E-state index < -0.39 is 0 Å². The fourth-order valence-electron chi connectivity index (χ4n) is 3.07. The van der Waals surface area contributed by atoms with Crippen molar-refractivity contribution in [1.29, 1.82) is 0 Å². The quantitative estimate of drug-likeness (QED) is 0.558. The maximum Gasteiger partial charge on any atom is 0.224 e. The predicted octanol–water partition coefficient (Wildman–Crippen LogP) is 4.36. The molecule has 4 aromatic rings. The van der Waals surface area contributed by atoms with Gasteiger partial charge in [0.05, 0.1) is 11.9 Å². The number of carbonyl (C=O) groups excluding carboxylic acids is 1. The van der Waals surface area contributed by atoms with Crippen LogP contribution in [-0.4, -0.2) is 20.3 Å². The van der Waals surface area contributed by atoms with Crippen molar-refractivity contribution in [3.8, 4) is 11.1 Å². The number of imidazole rings is 1. The van der Waals surface area contributed by atoms with Crippen LogP contribution in [-0.2, 0) is 11.2 Å². The van der Waals surface area contributed by atoms with Gasteiger partial charge in [0, 0.05) is 31.2 Å². The van der Waals surface area contributed by atoms with E-state index in [9.17, 15) is 4.79 Å². The number of amides is 1. The molecule has 5 nitrogen and oxygen atoms in total. The highest BCUT2D eigenvalue weighted by atomic mass is 16.1. The fourth-order valence-corrected chi connectivity index (χ4v) is 3.07. The van der Waals surface area contributed by atoms with Crippen LogP contribution >= 0.6 is 0 Å². The predicted molar refractivity (Wildman–Crippen MR) is 106 cm³/mol. The lowest BCUT2D eigenvalue weighted by atomic mass is 10.0. The Kier molecular flexibility index (Phi) is 4.92. The molecule has 1 aromatic carbocycles. The van der Waals surface area contributed by atoms with Gasteiger partial charge in [0.2, 0.25) is 5.91 Å². The monoisotopic (exact) mass is 356 g/mol. The van der Waals surface area contributed by atoms with Gasteiger partial charge in [0.25, 0.3) is 0 Å². The Morgan fingerprint density at radius 2 is 1.85 bits per heavy atom. The molecule has 0 atom stereocenters. The molecule has 4 rings (SSSR count). The molecule has 0 bridgehead atoms. The van der Waals surface area contributed by atoms with Crippen LogP contribution in [0.15, 0.2) is 79.5 Å². The largest absolute Gasteiger partial charge is 0.325 e. The summed E-state index contributed by atoms with van der Waals surface area (Å²) in [5.74, 6) is 0.0215. The van der Waals surface area contributed by atoms with E-state index in [0.29, 0.717) is 6.42 Å². The van der Waals surface area contributed by atoms with Crippen molar-refractivity contribution in [2.24, 2.45) is 0 Å². The van der Waals surface area contributed by atoms with Crippen LogP contribution in [0.3, 0.4) is 0 Å². The number of nitrogens with zero attached hydrogens (tertiary/aromatic N) is 3. The van der Waals surface area contributed by atoms with Gasteiger partial charge < -0.3 is 9.72 Å². The average molecular weight is 356 g/mol. The van der Waals surface area contributed by atoms with Crippen LogP contribution in [0.5, 0.6) is 0 Å². The zero-order chi connectivity index (χ0) is 18.5. The van der Waals surface area contributed by atoms with Crippen LogP contribution in [0.1, 0.15) is 18.4 Å². The smallest absolute Gasteiger partial charge is 0.224 e. The molecule has 0 saturated heterocycles. The highest BCUT2D eigenvalue weighted by Crippen LogP contribution is 2.21. The first-order valence-electron chi connectivity index (χ1n) is 9.00. The Hall–Kier alpha value is -3.47. The lowest BCUT2D eigenvalue weighted by Crippen LogP contribution is -2.11. The van der Waals surface area contributed by atoms with E-state index in [2.05, 4.69) is 51.8 Å². The molecule has 1 amide bonds. The average Bonchev–Trinajstić information content (AvgIpc) is 3.17. The van der Waals surface area contributed by atoms with Gasteiger partial charge in [-0.2, -0.15) is 0 Å². The standard InChI is InChI=1S/C22H20N4O/c27-22(25-20-4-2-12-23-15-20)5-1-3-17-6-8-18(9-7-17)19-10-11-21-24-13-14-26(21)16-19/h2,4,6-16H,1,3,5H2,(H,25,27). The molecule has 3 aromatic heterocycles. The number of benzene rings is 1. The van der Waals surface area contributed by atoms with Crippen molar-refractivity contribution in [2.45, 2.75) is 19.3 Å². The van der Waals surface area contributed by atoms with E-state index in [1.165, 1.54) is 11.1 Å². The van der Waals surface area contributed by atoms with Crippen molar-refractivity contribution in [3.63, 3.8) is 0 Å². The van der Waals surface area contributed by atoms with Gasteiger partial charge in [-0.15, -0.1) is 0 Å². The second-order valence-corrected chi connectivity index (χ2v) is 6.45. The van der Waals surface area contributed by atoms with Crippen molar-refractivity contribution >= 4 is 17.2 Å². The zero-order valence-corrected chi connectivity index (χ0v) is 14.9. The van der Waals surface area contributed by atoms with Crippen molar-refractivity contribution < 1.29 is 4.79 Å². The van der Waals surface area contributed by atoms with Crippen molar-refractivity contribution in [1.82, 2.24) is 14.4 Å². The third-order valence-electron chi connectivity index (χ3n) is 4.49. The fraction of sp³-hybridized carbons (Fsp3) is 0.136. The number of hydrogen-bond donors (Lipinski definition) is 1. The highest BCUT2D eigenvalue weighted by Gasteiger charge is 2.04. The first kappa shape index (κ1) is 17.0. The molecule has 27 heavy (non-hydrogen) atoms. The van der Waals surface area contributed by atoms with Gasteiger partial charge in [-0.1, -0.05) is 24.3 Å². The second-order valence-electron chi connectivity index (χ2n) is 6.45. The highest BCUT2D eigenvalue weighted by molar-refractivity contribution is 5.90.